The third-order valence-corrected chi connectivity index (χ3v) is 6.01. The number of phenols is 1. The second-order valence-corrected chi connectivity index (χ2v) is 8.15. The molecule has 0 radical (unpaired) electrons. The van der Waals surface area contributed by atoms with Crippen LogP contribution in [0.1, 0.15) is 48.2 Å². The largest absolute Gasteiger partial charge is 0.507 e. The first-order valence-electron chi connectivity index (χ1n) is 11.4. The Labute approximate surface area is 193 Å². The number of allylic oxidation sites excluding steroid dienone is 1. The van der Waals surface area contributed by atoms with Crippen molar-refractivity contribution in [3.63, 3.8) is 0 Å². The number of ether oxygens (including phenoxy) is 3. The fourth-order valence-electron chi connectivity index (χ4n) is 4.29. The number of aromatic hydroxyl groups is 1. The van der Waals surface area contributed by atoms with E-state index >= 15 is 0 Å². The number of para-hydroxylation sites is 1. The van der Waals surface area contributed by atoms with Gasteiger partial charge in [-0.05, 0) is 64.1 Å². The van der Waals surface area contributed by atoms with E-state index in [1.54, 1.807) is 12.1 Å². The van der Waals surface area contributed by atoms with Crippen molar-refractivity contribution in [1.29, 1.82) is 0 Å². The van der Waals surface area contributed by atoms with Crippen LogP contribution in [-0.2, 0) is 16.1 Å². The molecule has 0 atom stereocenters. The number of ketones is 1. The molecular weight excluding hydrogens is 422 g/mol. The summed E-state index contributed by atoms with van der Waals surface area (Å²) in [5.41, 5.74) is 1.77. The number of benzene rings is 2. The van der Waals surface area contributed by atoms with Gasteiger partial charge in [0.15, 0.2) is 5.76 Å². The summed E-state index contributed by atoms with van der Waals surface area (Å²) in [5, 5.41) is 10.6. The molecule has 0 bridgehead atoms. The van der Waals surface area contributed by atoms with E-state index in [1.807, 2.05) is 38.1 Å². The van der Waals surface area contributed by atoms with Crippen molar-refractivity contribution >= 4 is 17.8 Å². The van der Waals surface area contributed by atoms with Gasteiger partial charge in [-0.3, -0.25) is 14.5 Å². The van der Waals surface area contributed by atoms with Gasteiger partial charge in [0.05, 0.1) is 30.3 Å². The normalized spacial score (nSPS) is 17.6. The highest BCUT2D eigenvalue weighted by atomic mass is 16.5. The van der Waals surface area contributed by atoms with E-state index < -0.39 is 0 Å². The van der Waals surface area contributed by atoms with Gasteiger partial charge in [-0.25, -0.2) is 0 Å². The first kappa shape index (κ1) is 22.9. The number of rotatable bonds is 7. The number of hydrogen-bond donors (Lipinski definition) is 1. The van der Waals surface area contributed by atoms with Crippen LogP contribution in [0.15, 0.2) is 42.2 Å². The van der Waals surface area contributed by atoms with Crippen LogP contribution in [-0.4, -0.2) is 48.1 Å². The first-order valence-corrected chi connectivity index (χ1v) is 11.4. The molecule has 2 heterocycles. The highest BCUT2D eigenvalue weighted by molar-refractivity contribution is 6.15. The Hall–Kier alpha value is -3.32. The highest BCUT2D eigenvalue weighted by Gasteiger charge is 2.33. The number of phenolic OH excluding ortho intramolecular Hbond substituents is 1. The molecule has 0 spiro atoms. The van der Waals surface area contributed by atoms with E-state index in [9.17, 15) is 14.7 Å². The molecule has 1 N–H and O–H groups in total. The Bertz CT molecular complexity index is 1070. The van der Waals surface area contributed by atoms with Crippen LogP contribution in [0.3, 0.4) is 0 Å². The quantitative estimate of drug-likeness (QED) is 0.499. The summed E-state index contributed by atoms with van der Waals surface area (Å²) in [6, 6.07) is 10.6. The number of hydrogen-bond acceptors (Lipinski definition) is 7. The summed E-state index contributed by atoms with van der Waals surface area (Å²) in [7, 11) is 0. The third kappa shape index (κ3) is 4.88. The molecule has 174 valence electrons. The van der Waals surface area contributed by atoms with E-state index in [0.717, 1.165) is 5.56 Å². The molecule has 33 heavy (non-hydrogen) atoms. The lowest BCUT2D eigenvalue weighted by atomic mass is 9.96. The summed E-state index contributed by atoms with van der Waals surface area (Å²) in [6.07, 6.45) is 3.08. The molecule has 7 heteroatoms. The lowest BCUT2D eigenvalue weighted by Crippen LogP contribution is -2.36. The van der Waals surface area contributed by atoms with Gasteiger partial charge in [-0.1, -0.05) is 18.2 Å². The van der Waals surface area contributed by atoms with Crippen molar-refractivity contribution in [2.24, 2.45) is 5.92 Å². The topological polar surface area (TPSA) is 85.3 Å². The Kier molecular flexibility index (Phi) is 6.99. The van der Waals surface area contributed by atoms with Crippen molar-refractivity contribution < 1.29 is 28.9 Å². The number of likely N-dealkylation sites (tertiary alicyclic amines) is 1. The minimum Gasteiger partial charge on any atom is -0.507 e. The summed E-state index contributed by atoms with van der Waals surface area (Å²) < 4.78 is 16.8. The van der Waals surface area contributed by atoms with Crippen molar-refractivity contribution in [3.8, 4) is 17.2 Å². The van der Waals surface area contributed by atoms with Crippen LogP contribution in [0.2, 0.25) is 0 Å². The van der Waals surface area contributed by atoms with Crippen molar-refractivity contribution in [2.45, 2.75) is 33.2 Å². The minimum atomic E-state index is -0.224. The van der Waals surface area contributed by atoms with Crippen molar-refractivity contribution in [2.75, 3.05) is 26.3 Å². The van der Waals surface area contributed by atoms with E-state index in [1.165, 1.54) is 6.07 Å². The minimum absolute atomic E-state index is 0.0880. The second-order valence-electron chi connectivity index (χ2n) is 8.15. The fraction of sp³-hybridized carbons (Fsp3) is 0.385. The summed E-state index contributed by atoms with van der Waals surface area (Å²) >= 11 is 0. The molecule has 4 rings (SSSR count). The molecule has 2 aromatic rings. The van der Waals surface area contributed by atoms with Gasteiger partial charge in [0.1, 0.15) is 17.2 Å². The molecule has 0 aromatic heterocycles. The number of fused-ring (bicyclic) bond motifs is 1. The number of carbonyl (C=O) groups excluding carboxylic acids is 2. The van der Waals surface area contributed by atoms with Gasteiger partial charge in [0.2, 0.25) is 5.78 Å². The Morgan fingerprint density at radius 2 is 1.91 bits per heavy atom. The van der Waals surface area contributed by atoms with Crippen LogP contribution in [0.25, 0.3) is 6.08 Å². The van der Waals surface area contributed by atoms with Gasteiger partial charge in [0, 0.05) is 12.1 Å². The molecule has 2 aromatic carbocycles. The van der Waals surface area contributed by atoms with Crippen molar-refractivity contribution in [3.05, 3.63) is 58.8 Å². The summed E-state index contributed by atoms with van der Waals surface area (Å²) in [6.45, 7) is 6.45. The van der Waals surface area contributed by atoms with E-state index in [0.29, 0.717) is 68.3 Å². The zero-order valence-corrected chi connectivity index (χ0v) is 19.0. The predicted octanol–water partition coefficient (Wildman–Crippen LogP) is 4.18. The average Bonchev–Trinajstić information content (AvgIpc) is 3.13. The standard InChI is InChI=1S/C26H29NO6/c1-3-31-22-8-6-5-7-18(22)15-23-24(29)19-9-10-21(28)20(25(19)33-23)16-27-13-11-17(12-14-27)26(30)32-4-2/h5-10,15,17,28H,3-4,11-14,16H2,1-2H3/b23-15+. The molecule has 2 aliphatic heterocycles. The van der Waals surface area contributed by atoms with Gasteiger partial charge in [0.25, 0.3) is 0 Å². The molecular formula is C26H29NO6. The fourth-order valence-corrected chi connectivity index (χ4v) is 4.29. The van der Waals surface area contributed by atoms with E-state index in [4.69, 9.17) is 14.2 Å². The van der Waals surface area contributed by atoms with Gasteiger partial charge in [-0.2, -0.15) is 0 Å². The zero-order valence-electron chi connectivity index (χ0n) is 19.0. The van der Waals surface area contributed by atoms with Crippen LogP contribution in [0.5, 0.6) is 17.2 Å². The number of nitrogens with zero attached hydrogens (tertiary/aromatic N) is 1. The monoisotopic (exact) mass is 451 g/mol. The van der Waals surface area contributed by atoms with E-state index in [2.05, 4.69) is 4.90 Å². The second kappa shape index (κ2) is 10.1. The SMILES string of the molecule is CCOC(=O)C1CCN(Cc2c(O)ccc3c2O/C(=C/c2ccccc2OCC)C3=O)CC1. The molecule has 0 unspecified atom stereocenters. The lowest BCUT2D eigenvalue weighted by Gasteiger charge is -2.31. The van der Waals surface area contributed by atoms with Crippen LogP contribution < -0.4 is 9.47 Å². The Morgan fingerprint density at radius 3 is 2.64 bits per heavy atom. The van der Waals surface area contributed by atoms with Gasteiger partial charge >= 0.3 is 5.97 Å². The zero-order chi connectivity index (χ0) is 23.4. The Morgan fingerprint density at radius 1 is 1.15 bits per heavy atom. The van der Waals surface area contributed by atoms with E-state index in [-0.39, 0.29) is 29.2 Å². The lowest BCUT2D eigenvalue weighted by molar-refractivity contribution is -0.149. The van der Waals surface area contributed by atoms with Crippen LogP contribution in [0, 0.1) is 5.92 Å². The van der Waals surface area contributed by atoms with Gasteiger partial charge < -0.3 is 19.3 Å². The smallest absolute Gasteiger partial charge is 0.309 e. The average molecular weight is 452 g/mol. The maximum Gasteiger partial charge on any atom is 0.309 e. The maximum atomic E-state index is 13.0. The molecule has 0 saturated carbocycles. The molecule has 0 amide bonds. The predicted molar refractivity (Wildman–Crippen MR) is 123 cm³/mol. The molecule has 7 nitrogen and oxygen atoms in total. The number of carbonyl (C=O) groups is 2. The number of Topliss-reactive ketones (excluding diaryl/α,β-unsaturated/α-hetero) is 1. The third-order valence-electron chi connectivity index (χ3n) is 6.01. The van der Waals surface area contributed by atoms with Crippen LogP contribution >= 0.6 is 0 Å². The maximum absolute atomic E-state index is 13.0. The number of esters is 1. The summed E-state index contributed by atoms with van der Waals surface area (Å²) in [4.78, 5) is 27.2. The van der Waals surface area contributed by atoms with Gasteiger partial charge in [-0.15, -0.1) is 0 Å². The summed E-state index contributed by atoms with van der Waals surface area (Å²) in [5.74, 6) is 0.902. The molecule has 2 aliphatic rings. The first-order chi connectivity index (χ1) is 16.0. The molecule has 0 aliphatic carbocycles. The number of piperidine rings is 1. The molecule has 1 fully saturated rings. The Balaban J connectivity index is 1.53. The van der Waals surface area contributed by atoms with Crippen molar-refractivity contribution in [1.82, 2.24) is 4.90 Å². The highest BCUT2D eigenvalue weighted by Crippen LogP contribution is 2.41. The molecule has 1 saturated heterocycles. The van der Waals surface area contributed by atoms with Crippen LogP contribution in [0.4, 0.5) is 0 Å².